The third kappa shape index (κ3) is 3.14. The van der Waals surface area contributed by atoms with Crippen LogP contribution in [0.5, 0.6) is 5.75 Å². The Bertz CT molecular complexity index is 547. The molecule has 0 aromatic carbocycles. The van der Waals surface area contributed by atoms with Crippen LogP contribution in [0.4, 0.5) is 11.6 Å². The van der Waals surface area contributed by atoms with E-state index in [2.05, 4.69) is 20.3 Å². The largest absolute Gasteiger partial charge is 0.490 e. The van der Waals surface area contributed by atoms with E-state index in [-0.39, 0.29) is 0 Å². The summed E-state index contributed by atoms with van der Waals surface area (Å²) >= 11 is 0. The molecule has 6 nitrogen and oxygen atoms in total. The third-order valence-electron chi connectivity index (χ3n) is 3.02. The average Bonchev–Trinajstić information content (AvgIpc) is 2.52. The van der Waals surface area contributed by atoms with Crippen LogP contribution in [0.25, 0.3) is 0 Å². The molecule has 6 heteroatoms. The highest BCUT2D eigenvalue weighted by Crippen LogP contribution is 2.30. The Labute approximate surface area is 118 Å². The van der Waals surface area contributed by atoms with E-state index >= 15 is 0 Å². The monoisotopic (exact) mass is 273 g/mol. The predicted molar refractivity (Wildman–Crippen MR) is 79.3 cm³/mol. The third-order valence-corrected chi connectivity index (χ3v) is 3.02. The van der Waals surface area contributed by atoms with Crippen molar-refractivity contribution in [3.63, 3.8) is 0 Å². The molecule has 0 atom stereocenters. The zero-order valence-corrected chi connectivity index (χ0v) is 12.0. The average molecular weight is 273 g/mol. The molecule has 0 saturated carbocycles. The van der Waals surface area contributed by atoms with Gasteiger partial charge >= 0.3 is 0 Å². The second-order valence-electron chi connectivity index (χ2n) is 4.32. The molecule has 0 amide bonds. The highest BCUT2D eigenvalue weighted by Gasteiger charge is 2.14. The minimum absolute atomic E-state index is 0.651. The lowest BCUT2D eigenvalue weighted by Gasteiger charge is -2.21. The van der Waals surface area contributed by atoms with E-state index in [1.54, 1.807) is 13.3 Å². The molecule has 0 radical (unpaired) electrons. The number of anilines is 2. The number of likely N-dealkylation sites (N-methyl/N-ethyl adjacent to an activating group) is 1. The van der Waals surface area contributed by atoms with Crippen LogP contribution >= 0.6 is 0 Å². The van der Waals surface area contributed by atoms with Gasteiger partial charge in [-0.3, -0.25) is 4.98 Å². The van der Waals surface area contributed by atoms with Crippen molar-refractivity contribution in [3.8, 4) is 5.75 Å². The molecule has 0 aliphatic carbocycles. The van der Waals surface area contributed by atoms with E-state index in [1.807, 2.05) is 37.2 Å². The first-order valence-corrected chi connectivity index (χ1v) is 6.44. The summed E-state index contributed by atoms with van der Waals surface area (Å²) in [4.78, 5) is 14.8. The fraction of sp³-hybridized carbons (Fsp3) is 0.357. The molecule has 2 aromatic heterocycles. The summed E-state index contributed by atoms with van der Waals surface area (Å²) in [6.07, 6.45) is 4.18. The van der Waals surface area contributed by atoms with Gasteiger partial charge in [0.25, 0.3) is 0 Å². The van der Waals surface area contributed by atoms with Crippen molar-refractivity contribution < 1.29 is 4.74 Å². The van der Waals surface area contributed by atoms with Crippen LogP contribution in [0.1, 0.15) is 5.69 Å². The number of methoxy groups -OCH3 is 1. The zero-order valence-electron chi connectivity index (χ0n) is 12.0. The Hall–Kier alpha value is -2.37. The van der Waals surface area contributed by atoms with E-state index in [1.165, 1.54) is 6.33 Å². The Morgan fingerprint density at radius 2 is 2.10 bits per heavy atom. The molecule has 2 heterocycles. The lowest BCUT2D eigenvalue weighted by atomic mass is 10.2. The molecule has 0 aliphatic rings. The number of nitrogens with one attached hydrogen (secondary N) is 1. The Kier molecular flexibility index (Phi) is 4.70. The molecule has 0 unspecified atom stereocenters. The second-order valence-corrected chi connectivity index (χ2v) is 4.32. The number of ether oxygens (including phenoxy) is 1. The molecular formula is C14H19N5O. The summed E-state index contributed by atoms with van der Waals surface area (Å²) in [6.45, 7) is 0.799. The summed E-state index contributed by atoms with van der Waals surface area (Å²) in [6, 6.07) is 5.93. The van der Waals surface area contributed by atoms with E-state index in [4.69, 9.17) is 4.74 Å². The molecule has 2 aromatic rings. The highest BCUT2D eigenvalue weighted by molar-refractivity contribution is 5.64. The maximum atomic E-state index is 5.40. The molecule has 106 valence electrons. The molecule has 0 aliphatic heterocycles. The quantitative estimate of drug-likeness (QED) is 0.862. The fourth-order valence-corrected chi connectivity index (χ4v) is 1.94. The van der Waals surface area contributed by atoms with Crippen LogP contribution in [-0.2, 0) is 6.42 Å². The fourth-order valence-electron chi connectivity index (χ4n) is 1.94. The SMILES string of the molecule is CNc1ncnc(N(C)CCc2ccccn2)c1OC. The van der Waals surface area contributed by atoms with Crippen molar-refractivity contribution in [1.29, 1.82) is 0 Å². The summed E-state index contributed by atoms with van der Waals surface area (Å²) in [5, 5.41) is 3.00. The van der Waals surface area contributed by atoms with Crippen LogP contribution in [0, 0.1) is 0 Å². The van der Waals surface area contributed by atoms with Gasteiger partial charge in [0.15, 0.2) is 11.6 Å². The number of rotatable bonds is 6. The second kappa shape index (κ2) is 6.70. The van der Waals surface area contributed by atoms with E-state index < -0.39 is 0 Å². The molecule has 1 N–H and O–H groups in total. The molecule has 0 fully saturated rings. The van der Waals surface area contributed by atoms with Gasteiger partial charge in [-0.1, -0.05) is 6.07 Å². The smallest absolute Gasteiger partial charge is 0.204 e. The van der Waals surface area contributed by atoms with Gasteiger partial charge in [0, 0.05) is 39.0 Å². The Balaban J connectivity index is 2.11. The Morgan fingerprint density at radius 3 is 2.75 bits per heavy atom. The zero-order chi connectivity index (χ0) is 14.4. The normalized spacial score (nSPS) is 10.2. The summed E-state index contributed by atoms with van der Waals surface area (Å²) in [5.41, 5.74) is 1.06. The van der Waals surface area contributed by atoms with Crippen LogP contribution in [0.3, 0.4) is 0 Å². The number of hydrogen-bond donors (Lipinski definition) is 1. The van der Waals surface area contributed by atoms with Gasteiger partial charge in [0.05, 0.1) is 7.11 Å². The Morgan fingerprint density at radius 1 is 1.25 bits per heavy atom. The van der Waals surface area contributed by atoms with Gasteiger partial charge in [-0.25, -0.2) is 9.97 Å². The summed E-state index contributed by atoms with van der Waals surface area (Å²) in [7, 11) is 5.41. The van der Waals surface area contributed by atoms with Crippen molar-refractivity contribution in [2.24, 2.45) is 0 Å². The first kappa shape index (κ1) is 14.0. The van der Waals surface area contributed by atoms with Crippen LogP contribution < -0.4 is 15.0 Å². The predicted octanol–water partition coefficient (Wildman–Crippen LogP) is 1.60. The maximum absolute atomic E-state index is 5.40. The molecule has 0 spiro atoms. The number of hydrogen-bond acceptors (Lipinski definition) is 6. The number of aromatic nitrogens is 3. The van der Waals surface area contributed by atoms with Gasteiger partial charge in [-0.15, -0.1) is 0 Å². The topological polar surface area (TPSA) is 63.2 Å². The standard InChI is InChI=1S/C14H19N5O/c1-15-13-12(20-3)14(18-10-17-13)19(2)9-7-11-6-4-5-8-16-11/h4-6,8,10H,7,9H2,1-3H3,(H,15,17,18). The highest BCUT2D eigenvalue weighted by atomic mass is 16.5. The van der Waals surface area contributed by atoms with Crippen LogP contribution in [0.2, 0.25) is 0 Å². The first-order valence-electron chi connectivity index (χ1n) is 6.44. The molecule has 2 rings (SSSR count). The molecule has 20 heavy (non-hydrogen) atoms. The van der Waals surface area contributed by atoms with Crippen LogP contribution in [0.15, 0.2) is 30.7 Å². The lowest BCUT2D eigenvalue weighted by molar-refractivity contribution is 0.413. The lowest BCUT2D eigenvalue weighted by Crippen LogP contribution is -2.23. The van der Waals surface area contributed by atoms with Crippen molar-refractivity contribution in [3.05, 3.63) is 36.4 Å². The van der Waals surface area contributed by atoms with Gasteiger partial charge in [0.1, 0.15) is 6.33 Å². The minimum atomic E-state index is 0.651. The van der Waals surface area contributed by atoms with Crippen molar-refractivity contribution >= 4 is 11.6 Å². The molecule has 0 bridgehead atoms. The minimum Gasteiger partial charge on any atom is -0.490 e. The summed E-state index contributed by atoms with van der Waals surface area (Å²) < 4.78 is 5.40. The maximum Gasteiger partial charge on any atom is 0.204 e. The molecular weight excluding hydrogens is 254 g/mol. The van der Waals surface area contributed by atoms with Gasteiger partial charge < -0.3 is 15.0 Å². The number of nitrogens with zero attached hydrogens (tertiary/aromatic N) is 4. The first-order chi connectivity index (χ1) is 9.76. The summed E-state index contributed by atoms with van der Waals surface area (Å²) in [5.74, 6) is 2.10. The van der Waals surface area contributed by atoms with E-state index in [9.17, 15) is 0 Å². The van der Waals surface area contributed by atoms with Crippen LogP contribution in [-0.4, -0.2) is 42.7 Å². The van der Waals surface area contributed by atoms with Gasteiger partial charge in [-0.05, 0) is 12.1 Å². The van der Waals surface area contributed by atoms with E-state index in [0.717, 1.165) is 24.5 Å². The van der Waals surface area contributed by atoms with Crippen molar-refractivity contribution in [1.82, 2.24) is 15.0 Å². The van der Waals surface area contributed by atoms with Crippen molar-refractivity contribution in [2.45, 2.75) is 6.42 Å². The van der Waals surface area contributed by atoms with Gasteiger partial charge in [0.2, 0.25) is 5.75 Å². The van der Waals surface area contributed by atoms with Crippen molar-refractivity contribution in [2.75, 3.05) is 38.0 Å². The number of pyridine rings is 1. The van der Waals surface area contributed by atoms with E-state index in [0.29, 0.717) is 11.6 Å². The molecule has 0 saturated heterocycles. The van der Waals surface area contributed by atoms with Gasteiger partial charge in [-0.2, -0.15) is 0 Å².